The first-order chi connectivity index (χ1) is 16.6. The van der Waals surface area contributed by atoms with E-state index in [-0.39, 0.29) is 18.9 Å². The van der Waals surface area contributed by atoms with E-state index >= 15 is 0 Å². The Morgan fingerprint density at radius 1 is 0.941 bits per heavy atom. The van der Waals surface area contributed by atoms with Crippen molar-refractivity contribution in [2.45, 2.75) is 19.8 Å². The summed E-state index contributed by atoms with van der Waals surface area (Å²) in [5, 5.41) is 2.78. The first kappa shape index (κ1) is 23.6. The van der Waals surface area contributed by atoms with Crippen molar-refractivity contribution in [2.24, 2.45) is 0 Å². The third-order valence-corrected chi connectivity index (χ3v) is 6.00. The number of aryl methyl sites for hydroxylation is 1. The molecule has 4 rings (SSSR count). The molecule has 3 aromatic rings. The molecule has 1 aliphatic rings. The Bertz CT molecular complexity index is 1070. The number of piperazine rings is 1. The molecule has 2 aromatic carbocycles. The molecule has 1 aliphatic heterocycles. The lowest BCUT2D eigenvalue weighted by Gasteiger charge is -2.35. The van der Waals surface area contributed by atoms with Gasteiger partial charge in [-0.25, -0.2) is 0 Å². The van der Waals surface area contributed by atoms with E-state index < -0.39 is 5.97 Å². The molecule has 1 fully saturated rings. The summed E-state index contributed by atoms with van der Waals surface area (Å²) in [4.78, 5) is 29.0. The Kier molecular flexibility index (Phi) is 7.99. The number of carbonyl (C=O) groups excluding carboxylic acids is 2. The van der Waals surface area contributed by atoms with Gasteiger partial charge in [-0.15, -0.1) is 0 Å². The molecule has 1 N–H and O–H groups in total. The van der Waals surface area contributed by atoms with E-state index in [1.54, 1.807) is 0 Å². The van der Waals surface area contributed by atoms with E-state index in [2.05, 4.69) is 22.0 Å². The first-order valence-corrected chi connectivity index (χ1v) is 11.8. The number of anilines is 2. The van der Waals surface area contributed by atoms with Gasteiger partial charge in [-0.2, -0.15) is 0 Å². The van der Waals surface area contributed by atoms with Gasteiger partial charge in [-0.3, -0.25) is 9.59 Å². The molecule has 0 radical (unpaired) electrons. The number of hydrogen-bond acceptors (Lipinski definition) is 6. The lowest BCUT2D eigenvalue weighted by Crippen LogP contribution is -2.46. The van der Waals surface area contributed by atoms with E-state index in [9.17, 15) is 9.59 Å². The van der Waals surface area contributed by atoms with Crippen molar-refractivity contribution < 1.29 is 18.7 Å². The predicted molar refractivity (Wildman–Crippen MR) is 133 cm³/mol. The number of benzene rings is 2. The molecule has 7 nitrogen and oxygen atoms in total. The predicted octanol–water partition coefficient (Wildman–Crippen LogP) is 4.20. The maximum absolute atomic E-state index is 12.2. The molecule has 1 saturated heterocycles. The van der Waals surface area contributed by atoms with Crippen LogP contribution in [0.25, 0.3) is 11.3 Å². The lowest BCUT2D eigenvalue weighted by molar-refractivity contribution is -0.147. The van der Waals surface area contributed by atoms with Gasteiger partial charge in [0.2, 0.25) is 0 Å². The van der Waals surface area contributed by atoms with Gasteiger partial charge in [0.05, 0.1) is 6.42 Å². The minimum absolute atomic E-state index is 0.148. The summed E-state index contributed by atoms with van der Waals surface area (Å²) in [6, 6.07) is 21.3. The number of esters is 1. The summed E-state index contributed by atoms with van der Waals surface area (Å²) < 4.78 is 10.9. The van der Waals surface area contributed by atoms with E-state index in [1.165, 1.54) is 0 Å². The van der Waals surface area contributed by atoms with E-state index in [0.29, 0.717) is 17.9 Å². The van der Waals surface area contributed by atoms with Gasteiger partial charge in [0, 0.05) is 49.5 Å². The molecule has 0 saturated carbocycles. The molecule has 0 unspecified atom stereocenters. The summed E-state index contributed by atoms with van der Waals surface area (Å²) in [5.74, 6) is 0.672. The minimum atomic E-state index is -0.436. The van der Waals surface area contributed by atoms with Crippen LogP contribution in [-0.2, 0) is 20.7 Å². The van der Waals surface area contributed by atoms with Crippen molar-refractivity contribution in [3.8, 4) is 11.3 Å². The monoisotopic (exact) mass is 461 g/mol. The van der Waals surface area contributed by atoms with Crippen LogP contribution in [0.1, 0.15) is 19.1 Å². The normalized spacial score (nSPS) is 14.1. The van der Waals surface area contributed by atoms with Crippen molar-refractivity contribution in [1.29, 1.82) is 0 Å². The number of nitrogens with one attached hydrogen (secondary N) is 1. The van der Waals surface area contributed by atoms with Crippen LogP contribution in [-0.4, -0.2) is 56.1 Å². The van der Waals surface area contributed by atoms with Gasteiger partial charge in [0.15, 0.2) is 6.61 Å². The Labute approximate surface area is 200 Å². The van der Waals surface area contributed by atoms with E-state index in [0.717, 1.165) is 49.7 Å². The average Bonchev–Trinajstić information content (AvgIpc) is 3.36. The number of furan rings is 1. The molecule has 2 heterocycles. The average molecular weight is 462 g/mol. The van der Waals surface area contributed by atoms with Gasteiger partial charge in [0.25, 0.3) is 5.91 Å². The number of hydrogen-bond donors (Lipinski definition) is 1. The summed E-state index contributed by atoms with van der Waals surface area (Å²) in [5.41, 5.74) is 2.81. The van der Waals surface area contributed by atoms with Gasteiger partial charge >= 0.3 is 5.97 Å². The lowest BCUT2D eigenvalue weighted by atomic mass is 10.2. The van der Waals surface area contributed by atoms with Crippen molar-refractivity contribution in [2.75, 3.05) is 49.5 Å². The smallest absolute Gasteiger partial charge is 0.306 e. The maximum atomic E-state index is 12.2. The highest BCUT2D eigenvalue weighted by atomic mass is 16.5. The SMILES string of the molecule is CCN1CCN(c2ccc(NC(=O)COC(=O)CCc3ccc(-c4ccccc4)o3)cc2)CC1. The van der Waals surface area contributed by atoms with Gasteiger partial charge < -0.3 is 24.3 Å². The van der Waals surface area contributed by atoms with Crippen molar-refractivity contribution in [1.82, 2.24) is 4.90 Å². The fourth-order valence-electron chi connectivity index (χ4n) is 3.99. The maximum Gasteiger partial charge on any atom is 0.306 e. The van der Waals surface area contributed by atoms with Gasteiger partial charge in [-0.1, -0.05) is 37.3 Å². The van der Waals surface area contributed by atoms with Crippen LogP contribution in [0.15, 0.2) is 71.1 Å². The zero-order chi connectivity index (χ0) is 23.8. The quantitative estimate of drug-likeness (QED) is 0.482. The molecule has 0 spiro atoms. The molecule has 178 valence electrons. The Morgan fingerprint density at radius 3 is 2.38 bits per heavy atom. The molecule has 34 heavy (non-hydrogen) atoms. The van der Waals surface area contributed by atoms with Crippen molar-refractivity contribution in [3.63, 3.8) is 0 Å². The molecular weight excluding hydrogens is 430 g/mol. The van der Waals surface area contributed by atoms with Crippen LogP contribution >= 0.6 is 0 Å². The van der Waals surface area contributed by atoms with Crippen LogP contribution in [0.4, 0.5) is 11.4 Å². The van der Waals surface area contributed by atoms with Crippen LogP contribution in [0, 0.1) is 0 Å². The van der Waals surface area contributed by atoms with Crippen LogP contribution in [0.5, 0.6) is 0 Å². The highest BCUT2D eigenvalue weighted by molar-refractivity contribution is 5.93. The molecular formula is C27H31N3O4. The zero-order valence-electron chi connectivity index (χ0n) is 19.5. The fourth-order valence-corrected chi connectivity index (χ4v) is 3.99. The second-order valence-corrected chi connectivity index (χ2v) is 8.31. The number of nitrogens with zero attached hydrogens (tertiary/aromatic N) is 2. The molecule has 1 aromatic heterocycles. The van der Waals surface area contributed by atoms with Crippen molar-refractivity contribution >= 4 is 23.3 Å². The Hall–Kier alpha value is -3.58. The number of rotatable bonds is 9. The third kappa shape index (κ3) is 6.48. The van der Waals surface area contributed by atoms with Gasteiger partial charge in [0.1, 0.15) is 11.5 Å². The topological polar surface area (TPSA) is 75.0 Å². The van der Waals surface area contributed by atoms with E-state index in [4.69, 9.17) is 9.15 Å². The fraction of sp³-hybridized carbons (Fsp3) is 0.333. The highest BCUT2D eigenvalue weighted by Crippen LogP contribution is 2.22. The number of carbonyl (C=O) groups is 2. The third-order valence-electron chi connectivity index (χ3n) is 6.00. The second kappa shape index (κ2) is 11.5. The Morgan fingerprint density at radius 2 is 1.68 bits per heavy atom. The summed E-state index contributed by atoms with van der Waals surface area (Å²) >= 11 is 0. The number of likely N-dealkylation sites (N-methyl/N-ethyl adjacent to an activating group) is 1. The van der Waals surface area contributed by atoms with Crippen LogP contribution in [0.3, 0.4) is 0 Å². The standard InChI is InChI=1S/C27H31N3O4/c1-2-29-16-18-30(19-17-29)23-10-8-22(9-11-23)28-26(31)20-33-27(32)15-13-24-12-14-25(34-24)21-6-4-3-5-7-21/h3-12,14H,2,13,15-20H2,1H3,(H,28,31). The van der Waals surface area contributed by atoms with Crippen molar-refractivity contribution in [3.05, 3.63) is 72.5 Å². The van der Waals surface area contributed by atoms with Gasteiger partial charge in [-0.05, 0) is 42.9 Å². The second-order valence-electron chi connectivity index (χ2n) is 8.31. The highest BCUT2D eigenvalue weighted by Gasteiger charge is 2.16. The van der Waals surface area contributed by atoms with Crippen LogP contribution < -0.4 is 10.2 Å². The Balaban J connectivity index is 1.17. The molecule has 0 aliphatic carbocycles. The zero-order valence-corrected chi connectivity index (χ0v) is 19.5. The number of ether oxygens (including phenoxy) is 1. The molecule has 0 bridgehead atoms. The largest absolute Gasteiger partial charge is 0.461 e. The van der Waals surface area contributed by atoms with Crippen LogP contribution in [0.2, 0.25) is 0 Å². The summed E-state index contributed by atoms with van der Waals surface area (Å²) in [6.07, 6.45) is 0.566. The number of amides is 1. The molecule has 0 atom stereocenters. The minimum Gasteiger partial charge on any atom is -0.461 e. The molecule has 7 heteroatoms. The summed E-state index contributed by atoms with van der Waals surface area (Å²) in [7, 11) is 0. The first-order valence-electron chi connectivity index (χ1n) is 11.8. The molecule has 1 amide bonds. The summed E-state index contributed by atoms with van der Waals surface area (Å²) in [6.45, 7) is 7.09. The van der Waals surface area contributed by atoms with E-state index in [1.807, 2.05) is 66.7 Å².